The Labute approximate surface area is 173 Å². The van der Waals surface area contributed by atoms with Gasteiger partial charge < -0.3 is 15.4 Å². The Hall–Kier alpha value is -0.530. The van der Waals surface area contributed by atoms with Gasteiger partial charge in [-0.25, -0.2) is 0 Å². The molecule has 4 nitrogen and oxygen atoms in total. The van der Waals surface area contributed by atoms with Crippen LogP contribution in [-0.2, 0) is 4.74 Å². The van der Waals surface area contributed by atoms with Crippen LogP contribution in [-0.4, -0.2) is 39.3 Å². The van der Waals surface area contributed by atoms with E-state index in [4.69, 9.17) is 16.3 Å². The molecule has 2 atom stereocenters. The summed E-state index contributed by atoms with van der Waals surface area (Å²) in [4.78, 5) is 4.39. The van der Waals surface area contributed by atoms with Gasteiger partial charge in [0.05, 0.1) is 0 Å². The van der Waals surface area contributed by atoms with Gasteiger partial charge in [0.15, 0.2) is 5.96 Å². The van der Waals surface area contributed by atoms with E-state index in [1.807, 2.05) is 19.2 Å². The fourth-order valence-electron chi connectivity index (χ4n) is 3.61. The fraction of sp³-hybridized carbons (Fsp3) is 0.632. The number of ether oxygens (including phenoxy) is 1. The van der Waals surface area contributed by atoms with Gasteiger partial charge in [-0.2, -0.15) is 0 Å². The molecule has 0 bridgehead atoms. The minimum absolute atomic E-state index is 0. The quantitative estimate of drug-likeness (QED) is 0.352. The summed E-state index contributed by atoms with van der Waals surface area (Å²) in [5, 5.41) is 7.89. The molecule has 2 aliphatic carbocycles. The molecular formula is C19H29ClIN3O. The summed E-state index contributed by atoms with van der Waals surface area (Å²) < 4.78 is 5.27. The van der Waals surface area contributed by atoms with Gasteiger partial charge in [0.2, 0.25) is 0 Å². The van der Waals surface area contributed by atoms with E-state index >= 15 is 0 Å². The second kappa shape index (κ2) is 9.42. The van der Waals surface area contributed by atoms with Crippen molar-refractivity contribution in [2.45, 2.75) is 44.1 Å². The lowest BCUT2D eigenvalue weighted by atomic mass is 9.67. The highest BCUT2D eigenvalue weighted by Gasteiger charge is 2.40. The predicted octanol–water partition coefficient (Wildman–Crippen LogP) is 4.19. The van der Waals surface area contributed by atoms with Crippen molar-refractivity contribution in [3.05, 3.63) is 34.9 Å². The molecule has 140 valence electrons. The smallest absolute Gasteiger partial charge is 0.191 e. The van der Waals surface area contributed by atoms with Gasteiger partial charge in [0, 0.05) is 44.3 Å². The van der Waals surface area contributed by atoms with Gasteiger partial charge in [-0.05, 0) is 48.8 Å². The van der Waals surface area contributed by atoms with Crippen LogP contribution in [0.4, 0.5) is 0 Å². The molecule has 0 saturated heterocycles. The van der Waals surface area contributed by atoms with Crippen LogP contribution in [0, 0.1) is 5.41 Å². The van der Waals surface area contributed by atoms with Crippen molar-refractivity contribution in [2.24, 2.45) is 10.4 Å². The third-order valence-corrected chi connectivity index (χ3v) is 5.73. The topological polar surface area (TPSA) is 45.7 Å². The predicted molar refractivity (Wildman–Crippen MR) is 115 cm³/mol. The summed E-state index contributed by atoms with van der Waals surface area (Å²) in [6.45, 7) is 1.82. The van der Waals surface area contributed by atoms with Crippen LogP contribution in [0.1, 0.15) is 43.6 Å². The molecule has 0 aromatic heterocycles. The summed E-state index contributed by atoms with van der Waals surface area (Å²) in [6.07, 6.45) is 6.17. The number of nitrogens with one attached hydrogen (secondary N) is 2. The van der Waals surface area contributed by atoms with Crippen LogP contribution in [0.15, 0.2) is 29.3 Å². The number of aliphatic imine (C=N–C) groups is 1. The Kier molecular flexibility index (Phi) is 7.83. The third kappa shape index (κ3) is 5.47. The van der Waals surface area contributed by atoms with E-state index in [1.54, 1.807) is 7.11 Å². The highest BCUT2D eigenvalue weighted by atomic mass is 127. The van der Waals surface area contributed by atoms with Crippen LogP contribution in [0.3, 0.4) is 0 Å². The second-order valence-electron chi connectivity index (χ2n) is 7.17. The van der Waals surface area contributed by atoms with Crippen molar-refractivity contribution in [1.82, 2.24) is 10.6 Å². The second-order valence-corrected chi connectivity index (χ2v) is 7.61. The van der Waals surface area contributed by atoms with Crippen LogP contribution < -0.4 is 10.6 Å². The normalized spacial score (nSPS) is 24.0. The number of nitrogens with zero attached hydrogens (tertiary/aromatic N) is 1. The first kappa shape index (κ1) is 20.8. The molecule has 0 aliphatic heterocycles. The van der Waals surface area contributed by atoms with E-state index in [0.29, 0.717) is 17.4 Å². The summed E-state index contributed by atoms with van der Waals surface area (Å²) in [5.41, 5.74) is 1.70. The molecule has 0 radical (unpaired) electrons. The maximum Gasteiger partial charge on any atom is 0.191 e. The number of guanidine groups is 1. The fourth-order valence-corrected chi connectivity index (χ4v) is 3.81. The first-order valence-electron chi connectivity index (χ1n) is 8.87. The van der Waals surface area contributed by atoms with Crippen molar-refractivity contribution in [2.75, 3.05) is 27.3 Å². The minimum atomic E-state index is 0. The minimum Gasteiger partial charge on any atom is -0.385 e. The van der Waals surface area contributed by atoms with Gasteiger partial charge in [-0.15, -0.1) is 24.0 Å². The summed E-state index contributed by atoms with van der Waals surface area (Å²) in [7, 11) is 3.62. The van der Waals surface area contributed by atoms with E-state index in [9.17, 15) is 0 Å². The first-order chi connectivity index (χ1) is 11.7. The Bertz CT molecular complexity index is 592. The molecule has 2 unspecified atom stereocenters. The van der Waals surface area contributed by atoms with Gasteiger partial charge in [0.1, 0.15) is 0 Å². The molecule has 2 fully saturated rings. The van der Waals surface area contributed by atoms with Crippen LogP contribution in [0.2, 0.25) is 5.02 Å². The van der Waals surface area contributed by atoms with Crippen molar-refractivity contribution in [1.29, 1.82) is 0 Å². The Balaban J connectivity index is 0.00000225. The molecule has 1 aromatic carbocycles. The zero-order valence-corrected chi connectivity index (χ0v) is 18.1. The third-order valence-electron chi connectivity index (χ3n) is 5.49. The lowest BCUT2D eigenvalue weighted by Crippen LogP contribution is -2.47. The van der Waals surface area contributed by atoms with E-state index < -0.39 is 0 Å². The lowest BCUT2D eigenvalue weighted by molar-refractivity contribution is 0.0732. The van der Waals surface area contributed by atoms with E-state index in [0.717, 1.165) is 37.0 Å². The zero-order chi connectivity index (χ0) is 17.0. The largest absolute Gasteiger partial charge is 0.385 e. The van der Waals surface area contributed by atoms with Crippen molar-refractivity contribution >= 4 is 41.5 Å². The van der Waals surface area contributed by atoms with Crippen molar-refractivity contribution in [3.63, 3.8) is 0 Å². The van der Waals surface area contributed by atoms with Crippen LogP contribution >= 0.6 is 35.6 Å². The van der Waals surface area contributed by atoms with E-state index in [-0.39, 0.29) is 24.0 Å². The average molecular weight is 478 g/mol. The molecule has 3 rings (SSSR count). The molecule has 0 spiro atoms. The number of methoxy groups -OCH3 is 1. The Morgan fingerprint density at radius 2 is 2.20 bits per heavy atom. The van der Waals surface area contributed by atoms with Crippen molar-refractivity contribution in [3.8, 4) is 0 Å². The molecule has 2 aliphatic rings. The molecule has 0 amide bonds. The Morgan fingerprint density at radius 3 is 2.80 bits per heavy atom. The van der Waals surface area contributed by atoms with Gasteiger partial charge >= 0.3 is 0 Å². The van der Waals surface area contributed by atoms with E-state index in [2.05, 4.69) is 27.8 Å². The standard InChI is InChI=1S/C19H28ClN3O.HI/c1-21-18(22-13-19(7-4-8-19)9-10-24-2)23-17-12-16(17)14-5-3-6-15(20)11-14;/h3,5-6,11,16-17H,4,7-10,12-13H2,1-2H3,(H2,21,22,23);1H. The molecule has 1 aromatic rings. The van der Waals surface area contributed by atoms with E-state index in [1.165, 1.54) is 24.8 Å². The van der Waals surface area contributed by atoms with Gasteiger partial charge in [0.25, 0.3) is 0 Å². The van der Waals surface area contributed by atoms with Gasteiger partial charge in [-0.1, -0.05) is 30.2 Å². The maximum atomic E-state index is 6.09. The Morgan fingerprint density at radius 1 is 1.40 bits per heavy atom. The molecule has 2 N–H and O–H groups in total. The van der Waals surface area contributed by atoms with Crippen LogP contribution in [0.5, 0.6) is 0 Å². The van der Waals surface area contributed by atoms with Crippen molar-refractivity contribution < 1.29 is 4.74 Å². The number of benzene rings is 1. The summed E-state index contributed by atoms with van der Waals surface area (Å²) in [6, 6.07) is 8.62. The number of halogens is 2. The molecular weight excluding hydrogens is 449 g/mol. The number of hydrogen-bond donors (Lipinski definition) is 2. The average Bonchev–Trinajstić information content (AvgIpc) is 3.31. The van der Waals surface area contributed by atoms with Crippen LogP contribution in [0.25, 0.3) is 0 Å². The maximum absolute atomic E-state index is 6.09. The molecule has 25 heavy (non-hydrogen) atoms. The summed E-state index contributed by atoms with van der Waals surface area (Å²) >= 11 is 6.09. The van der Waals surface area contributed by atoms with Gasteiger partial charge in [-0.3, -0.25) is 4.99 Å². The summed E-state index contributed by atoms with van der Waals surface area (Å²) in [5.74, 6) is 1.45. The molecule has 6 heteroatoms. The first-order valence-corrected chi connectivity index (χ1v) is 9.25. The highest BCUT2D eigenvalue weighted by molar-refractivity contribution is 14.0. The zero-order valence-electron chi connectivity index (χ0n) is 15.1. The monoisotopic (exact) mass is 477 g/mol. The molecule has 2 saturated carbocycles. The lowest BCUT2D eigenvalue weighted by Gasteiger charge is -2.42. The highest BCUT2D eigenvalue weighted by Crippen LogP contribution is 2.43. The molecule has 0 heterocycles. The number of rotatable bonds is 7. The SMILES string of the molecule is CN=C(NCC1(CCOC)CCC1)NC1CC1c1cccc(Cl)c1.I. The number of hydrogen-bond acceptors (Lipinski definition) is 2.